The number of hydrogen-bond donors (Lipinski definition) is 2. The summed E-state index contributed by atoms with van der Waals surface area (Å²) in [6.45, 7) is 5.22. The highest BCUT2D eigenvalue weighted by atomic mass is 16.5. The maximum Gasteiger partial charge on any atom is 0.336 e. The van der Waals surface area contributed by atoms with Crippen molar-refractivity contribution in [2.75, 3.05) is 6.61 Å². The lowest BCUT2D eigenvalue weighted by molar-refractivity contribution is -0.183. The minimum absolute atomic E-state index is 0.139. The largest absolute Gasteiger partial charge is 0.481 e. The van der Waals surface area contributed by atoms with Crippen molar-refractivity contribution < 1.29 is 24.5 Å². The van der Waals surface area contributed by atoms with Gasteiger partial charge in [-0.25, -0.2) is 4.79 Å². The van der Waals surface area contributed by atoms with Gasteiger partial charge in [-0.15, -0.1) is 11.8 Å². The molecule has 0 fully saturated rings. The third-order valence-corrected chi connectivity index (χ3v) is 4.94. The van der Waals surface area contributed by atoms with Crippen LogP contribution in [0.15, 0.2) is 0 Å². The van der Waals surface area contributed by atoms with Crippen LogP contribution in [-0.2, 0) is 14.3 Å². The van der Waals surface area contributed by atoms with Crippen molar-refractivity contribution in [3.63, 3.8) is 0 Å². The van der Waals surface area contributed by atoms with Crippen molar-refractivity contribution in [1.29, 1.82) is 0 Å². The molecule has 0 saturated heterocycles. The molecule has 0 saturated carbocycles. The van der Waals surface area contributed by atoms with Crippen molar-refractivity contribution in [1.82, 2.24) is 0 Å². The second-order valence-corrected chi connectivity index (χ2v) is 6.82. The third-order valence-electron chi connectivity index (χ3n) is 4.94. The molecule has 0 aliphatic rings. The molecule has 5 heteroatoms. The van der Waals surface area contributed by atoms with Gasteiger partial charge in [0.25, 0.3) is 0 Å². The van der Waals surface area contributed by atoms with Crippen LogP contribution >= 0.6 is 0 Å². The Labute approximate surface area is 158 Å². The maximum absolute atomic E-state index is 11.6. The smallest absolute Gasteiger partial charge is 0.336 e. The van der Waals surface area contributed by atoms with E-state index in [0.717, 1.165) is 25.7 Å². The Kier molecular flexibility index (Phi) is 13.7. The van der Waals surface area contributed by atoms with E-state index in [9.17, 15) is 14.7 Å². The summed E-state index contributed by atoms with van der Waals surface area (Å²) in [5.74, 6) is 2.58. The molecule has 0 aromatic rings. The van der Waals surface area contributed by atoms with Gasteiger partial charge in [-0.3, -0.25) is 4.79 Å². The minimum atomic E-state index is -1.63. The van der Waals surface area contributed by atoms with Crippen LogP contribution in [0.5, 0.6) is 0 Å². The second kappa shape index (κ2) is 14.6. The molecule has 0 rings (SSSR count). The standard InChI is InChI=1S/C21H36O5/c1-4-6-7-8-9-10-11-12-13-14-15-16-17-26-21(5-2,20(24)25)18(3)19(22)23/h18H,5,7-17H2,1-3H3,(H,22,23)(H,24,25). The van der Waals surface area contributed by atoms with Crippen LogP contribution in [0.1, 0.15) is 91.4 Å². The lowest BCUT2D eigenvalue weighted by Gasteiger charge is -2.32. The molecule has 0 bridgehead atoms. The lowest BCUT2D eigenvalue weighted by Crippen LogP contribution is -2.50. The average Bonchev–Trinajstić information content (AvgIpc) is 2.61. The van der Waals surface area contributed by atoms with Crippen LogP contribution in [0.3, 0.4) is 0 Å². The molecule has 0 aromatic carbocycles. The van der Waals surface area contributed by atoms with Gasteiger partial charge < -0.3 is 14.9 Å². The molecule has 0 spiro atoms. The first kappa shape index (κ1) is 24.5. The van der Waals surface area contributed by atoms with Gasteiger partial charge in [0, 0.05) is 13.0 Å². The number of carboxylic acids is 2. The predicted molar refractivity (Wildman–Crippen MR) is 103 cm³/mol. The van der Waals surface area contributed by atoms with Gasteiger partial charge in [0.05, 0.1) is 5.92 Å². The van der Waals surface area contributed by atoms with E-state index in [1.807, 2.05) is 6.92 Å². The average molecular weight is 369 g/mol. The molecule has 0 aromatic heterocycles. The van der Waals surface area contributed by atoms with Gasteiger partial charge in [-0.05, 0) is 33.1 Å². The summed E-state index contributed by atoms with van der Waals surface area (Å²) in [7, 11) is 0. The summed E-state index contributed by atoms with van der Waals surface area (Å²) in [5, 5.41) is 18.6. The predicted octanol–water partition coefficient (Wildman–Crippen LogP) is 4.88. The zero-order chi connectivity index (χ0) is 19.8. The molecular weight excluding hydrogens is 332 g/mol. The van der Waals surface area contributed by atoms with E-state index in [2.05, 4.69) is 11.8 Å². The van der Waals surface area contributed by atoms with Crippen molar-refractivity contribution in [2.45, 2.75) is 97.0 Å². The number of hydrogen-bond acceptors (Lipinski definition) is 3. The lowest BCUT2D eigenvalue weighted by atomic mass is 9.86. The highest BCUT2D eigenvalue weighted by Gasteiger charge is 2.47. The molecule has 26 heavy (non-hydrogen) atoms. The van der Waals surface area contributed by atoms with E-state index in [1.165, 1.54) is 45.4 Å². The molecule has 0 heterocycles. The van der Waals surface area contributed by atoms with Crippen LogP contribution < -0.4 is 0 Å². The molecule has 2 atom stereocenters. The summed E-state index contributed by atoms with van der Waals surface area (Å²) in [6.07, 6.45) is 11.3. The van der Waals surface area contributed by atoms with Crippen LogP contribution in [0.2, 0.25) is 0 Å². The zero-order valence-corrected chi connectivity index (χ0v) is 16.7. The van der Waals surface area contributed by atoms with Crippen LogP contribution in [-0.4, -0.2) is 34.4 Å². The Bertz CT molecular complexity index is 463. The fourth-order valence-electron chi connectivity index (χ4n) is 3.06. The fourth-order valence-corrected chi connectivity index (χ4v) is 3.06. The Balaban J connectivity index is 3.84. The van der Waals surface area contributed by atoms with Crippen LogP contribution in [0.25, 0.3) is 0 Å². The topological polar surface area (TPSA) is 83.8 Å². The van der Waals surface area contributed by atoms with Gasteiger partial charge in [0.1, 0.15) is 0 Å². The number of carboxylic acid groups (broad SMARTS) is 2. The Hall–Kier alpha value is -1.54. The number of ether oxygens (including phenoxy) is 1. The highest BCUT2D eigenvalue weighted by molar-refractivity contribution is 5.85. The van der Waals surface area contributed by atoms with Crippen molar-refractivity contribution >= 4 is 11.9 Å². The normalized spacial score (nSPS) is 14.1. The Morgan fingerprint density at radius 2 is 1.46 bits per heavy atom. The third kappa shape index (κ3) is 9.24. The van der Waals surface area contributed by atoms with E-state index in [4.69, 9.17) is 9.84 Å². The van der Waals surface area contributed by atoms with Crippen molar-refractivity contribution in [3.8, 4) is 11.8 Å². The summed E-state index contributed by atoms with van der Waals surface area (Å²) in [4.78, 5) is 22.7. The quantitative estimate of drug-likeness (QED) is 0.299. The summed E-state index contributed by atoms with van der Waals surface area (Å²) >= 11 is 0. The van der Waals surface area contributed by atoms with E-state index in [0.29, 0.717) is 0 Å². The van der Waals surface area contributed by atoms with Crippen LogP contribution in [0, 0.1) is 17.8 Å². The monoisotopic (exact) mass is 368 g/mol. The first-order valence-corrected chi connectivity index (χ1v) is 9.92. The van der Waals surface area contributed by atoms with Gasteiger partial charge in [-0.2, -0.15) is 0 Å². The molecule has 150 valence electrons. The summed E-state index contributed by atoms with van der Waals surface area (Å²) in [6, 6.07) is 0. The van der Waals surface area contributed by atoms with E-state index >= 15 is 0 Å². The number of carbonyl (C=O) groups is 2. The molecule has 2 N–H and O–H groups in total. The zero-order valence-electron chi connectivity index (χ0n) is 16.7. The minimum Gasteiger partial charge on any atom is -0.481 e. The van der Waals surface area contributed by atoms with E-state index in [-0.39, 0.29) is 13.0 Å². The maximum atomic E-state index is 11.6. The van der Waals surface area contributed by atoms with Crippen molar-refractivity contribution in [3.05, 3.63) is 0 Å². The Morgan fingerprint density at radius 1 is 0.962 bits per heavy atom. The summed E-state index contributed by atoms with van der Waals surface area (Å²) in [5.41, 5.74) is -1.63. The molecule has 0 aliphatic heterocycles. The highest BCUT2D eigenvalue weighted by Crippen LogP contribution is 2.27. The fraction of sp³-hybridized carbons (Fsp3) is 0.810. The van der Waals surface area contributed by atoms with Gasteiger partial charge in [0.15, 0.2) is 5.60 Å². The number of rotatable bonds is 16. The molecular formula is C21H36O5. The molecule has 0 amide bonds. The molecule has 2 unspecified atom stereocenters. The molecule has 5 nitrogen and oxygen atoms in total. The van der Waals surface area contributed by atoms with Crippen molar-refractivity contribution in [2.24, 2.45) is 5.92 Å². The first-order valence-electron chi connectivity index (χ1n) is 9.92. The SMILES string of the molecule is CC#CCCCCCCCCCCCOC(CC)(C(=O)O)C(C)C(=O)O. The number of aliphatic carboxylic acids is 2. The summed E-state index contributed by atoms with van der Waals surface area (Å²) < 4.78 is 5.56. The van der Waals surface area contributed by atoms with E-state index < -0.39 is 23.5 Å². The van der Waals surface area contributed by atoms with Gasteiger partial charge in [0.2, 0.25) is 0 Å². The first-order chi connectivity index (χ1) is 12.4. The van der Waals surface area contributed by atoms with Gasteiger partial charge >= 0.3 is 11.9 Å². The number of unbranched alkanes of at least 4 members (excludes halogenated alkanes) is 9. The van der Waals surface area contributed by atoms with Gasteiger partial charge in [-0.1, -0.05) is 51.9 Å². The molecule has 0 aliphatic carbocycles. The second-order valence-electron chi connectivity index (χ2n) is 6.82. The van der Waals surface area contributed by atoms with Crippen LogP contribution in [0.4, 0.5) is 0 Å². The van der Waals surface area contributed by atoms with E-state index in [1.54, 1.807) is 6.92 Å². The Morgan fingerprint density at radius 3 is 1.88 bits per heavy atom. The molecule has 0 radical (unpaired) electrons.